The van der Waals surface area contributed by atoms with Crippen molar-refractivity contribution >= 4 is 11.6 Å². The first-order valence-corrected chi connectivity index (χ1v) is 11.3. The summed E-state index contributed by atoms with van der Waals surface area (Å²) in [5, 5.41) is 9.47. The van der Waals surface area contributed by atoms with Crippen molar-refractivity contribution in [2.75, 3.05) is 44.7 Å². The van der Waals surface area contributed by atoms with E-state index in [1.165, 1.54) is 5.56 Å². The van der Waals surface area contributed by atoms with Crippen LogP contribution in [-0.2, 0) is 0 Å². The Kier molecular flexibility index (Phi) is 6.29. The van der Waals surface area contributed by atoms with E-state index in [0.717, 1.165) is 38.3 Å². The fourth-order valence-corrected chi connectivity index (χ4v) is 4.87. The molecular weight excluding hydrogens is 384 g/mol. The van der Waals surface area contributed by atoms with Gasteiger partial charge in [-0.3, -0.25) is 4.79 Å². The molecule has 0 radical (unpaired) electrons. The van der Waals surface area contributed by atoms with Gasteiger partial charge in [0.25, 0.3) is 5.91 Å². The Bertz CT molecular complexity index is 965. The van der Waals surface area contributed by atoms with Gasteiger partial charge in [-0.25, -0.2) is 0 Å². The lowest BCUT2D eigenvalue weighted by atomic mass is 9.95. The van der Waals surface area contributed by atoms with Gasteiger partial charge in [0.1, 0.15) is 0 Å². The third kappa shape index (κ3) is 4.45. The van der Waals surface area contributed by atoms with E-state index < -0.39 is 0 Å². The second kappa shape index (κ2) is 9.11. The molecule has 2 fully saturated rings. The van der Waals surface area contributed by atoms with E-state index in [2.05, 4.69) is 48.9 Å². The molecule has 2 aromatic rings. The van der Waals surface area contributed by atoms with Gasteiger partial charge in [-0.1, -0.05) is 44.2 Å². The molecule has 1 amide bonds. The summed E-state index contributed by atoms with van der Waals surface area (Å²) in [5.74, 6) is 1.30. The van der Waals surface area contributed by atoms with Crippen LogP contribution in [-0.4, -0.2) is 55.5 Å². The number of piperazine rings is 1. The molecule has 0 saturated carbocycles. The highest BCUT2D eigenvalue weighted by Gasteiger charge is 2.34. The smallest absolute Gasteiger partial charge is 0.256 e. The van der Waals surface area contributed by atoms with Crippen molar-refractivity contribution in [1.82, 2.24) is 9.80 Å². The molecule has 2 aromatic carbocycles. The average molecular weight is 417 g/mol. The molecule has 31 heavy (non-hydrogen) atoms. The zero-order valence-corrected chi connectivity index (χ0v) is 18.8. The highest BCUT2D eigenvalue weighted by atomic mass is 16.2. The predicted molar refractivity (Wildman–Crippen MR) is 124 cm³/mol. The first-order chi connectivity index (χ1) is 15.0. The van der Waals surface area contributed by atoms with E-state index in [1.54, 1.807) is 6.07 Å². The fraction of sp³-hybridized carbons (Fsp3) is 0.462. The predicted octanol–water partition coefficient (Wildman–Crippen LogP) is 4.17. The van der Waals surface area contributed by atoms with Gasteiger partial charge in [-0.2, -0.15) is 5.26 Å². The molecule has 5 nitrogen and oxygen atoms in total. The van der Waals surface area contributed by atoms with Crippen LogP contribution in [0.2, 0.25) is 0 Å². The molecule has 2 atom stereocenters. The molecular formula is C26H32N4O. The third-order valence-corrected chi connectivity index (χ3v) is 6.89. The van der Waals surface area contributed by atoms with Gasteiger partial charge in [0, 0.05) is 32.7 Å². The van der Waals surface area contributed by atoms with E-state index >= 15 is 0 Å². The van der Waals surface area contributed by atoms with Crippen LogP contribution < -0.4 is 4.90 Å². The summed E-state index contributed by atoms with van der Waals surface area (Å²) >= 11 is 0. The SMILES string of the molecule is CC(C)[C@@H]1CCN(c2cc(C#N)ccc2C(=O)N2CCN(C)C[C@@H]2c2ccccc2)C1. The number of amides is 1. The first-order valence-electron chi connectivity index (χ1n) is 11.3. The number of carbonyl (C=O) groups excluding carboxylic acids is 1. The lowest BCUT2D eigenvalue weighted by Crippen LogP contribution is -2.49. The Morgan fingerprint density at radius 3 is 2.52 bits per heavy atom. The highest BCUT2D eigenvalue weighted by molar-refractivity contribution is 6.00. The van der Waals surface area contributed by atoms with Crippen LogP contribution in [0.4, 0.5) is 5.69 Å². The Morgan fingerprint density at radius 1 is 1.06 bits per heavy atom. The number of hydrogen-bond donors (Lipinski definition) is 0. The number of nitriles is 1. The molecule has 5 heteroatoms. The van der Waals surface area contributed by atoms with E-state index in [4.69, 9.17) is 0 Å². The van der Waals surface area contributed by atoms with Gasteiger partial charge < -0.3 is 14.7 Å². The van der Waals surface area contributed by atoms with Gasteiger partial charge in [-0.15, -0.1) is 0 Å². The topological polar surface area (TPSA) is 50.6 Å². The van der Waals surface area contributed by atoms with Crippen molar-refractivity contribution in [2.45, 2.75) is 26.3 Å². The Labute approximate surface area is 185 Å². The molecule has 0 aromatic heterocycles. The maximum Gasteiger partial charge on any atom is 0.256 e. The average Bonchev–Trinajstić information content (AvgIpc) is 3.29. The number of rotatable bonds is 4. The molecule has 0 aliphatic carbocycles. The normalized spacial score (nSPS) is 22.0. The van der Waals surface area contributed by atoms with Crippen LogP contribution in [0.1, 0.15) is 47.8 Å². The van der Waals surface area contributed by atoms with Crippen molar-refractivity contribution in [2.24, 2.45) is 11.8 Å². The number of likely N-dealkylation sites (N-methyl/N-ethyl adjacent to an activating group) is 1. The van der Waals surface area contributed by atoms with Crippen molar-refractivity contribution in [1.29, 1.82) is 5.26 Å². The van der Waals surface area contributed by atoms with E-state index in [9.17, 15) is 10.1 Å². The lowest BCUT2D eigenvalue weighted by molar-refractivity contribution is 0.0498. The molecule has 0 unspecified atom stereocenters. The molecule has 2 aliphatic heterocycles. The summed E-state index contributed by atoms with van der Waals surface area (Å²) < 4.78 is 0. The highest BCUT2D eigenvalue weighted by Crippen LogP contribution is 2.34. The van der Waals surface area contributed by atoms with Crippen LogP contribution in [0.3, 0.4) is 0 Å². The van der Waals surface area contributed by atoms with Crippen LogP contribution >= 0.6 is 0 Å². The molecule has 0 bridgehead atoms. The fourth-order valence-electron chi connectivity index (χ4n) is 4.87. The van der Waals surface area contributed by atoms with Gasteiger partial charge in [0.2, 0.25) is 0 Å². The molecule has 0 spiro atoms. The van der Waals surface area contributed by atoms with Crippen molar-refractivity contribution in [3.8, 4) is 6.07 Å². The minimum absolute atomic E-state index is 0.0259. The Morgan fingerprint density at radius 2 is 1.84 bits per heavy atom. The third-order valence-electron chi connectivity index (χ3n) is 6.89. The number of nitrogens with zero attached hydrogens (tertiary/aromatic N) is 4. The van der Waals surface area contributed by atoms with Gasteiger partial charge in [0.05, 0.1) is 28.9 Å². The lowest BCUT2D eigenvalue weighted by Gasteiger charge is -2.41. The zero-order chi connectivity index (χ0) is 22.0. The standard InChI is InChI=1S/C26H32N4O/c1-19(2)22-11-12-29(17-22)24-15-20(16-27)9-10-23(24)26(31)30-14-13-28(3)18-25(30)21-7-5-4-6-8-21/h4-10,15,19,22,25H,11-14,17-18H2,1-3H3/t22-,25-/m1/s1. The number of carbonyl (C=O) groups is 1. The van der Waals surface area contributed by atoms with Crippen LogP contribution in [0.5, 0.6) is 0 Å². The minimum atomic E-state index is 0.0259. The number of anilines is 1. The minimum Gasteiger partial charge on any atom is -0.371 e. The second-order valence-corrected chi connectivity index (χ2v) is 9.27. The summed E-state index contributed by atoms with van der Waals surface area (Å²) in [5.41, 5.74) is 3.41. The van der Waals surface area contributed by atoms with Crippen molar-refractivity contribution in [3.63, 3.8) is 0 Å². The monoisotopic (exact) mass is 416 g/mol. The number of hydrogen-bond acceptors (Lipinski definition) is 4. The molecule has 4 rings (SSSR count). The van der Waals surface area contributed by atoms with Gasteiger partial charge in [0.15, 0.2) is 0 Å². The molecule has 2 aliphatic rings. The van der Waals surface area contributed by atoms with Crippen LogP contribution in [0.25, 0.3) is 0 Å². The van der Waals surface area contributed by atoms with E-state index in [1.807, 2.05) is 35.2 Å². The maximum atomic E-state index is 13.9. The first kappa shape index (κ1) is 21.4. The molecule has 0 N–H and O–H groups in total. The summed E-state index contributed by atoms with van der Waals surface area (Å²) in [6.45, 7) is 8.78. The quantitative estimate of drug-likeness (QED) is 0.751. The zero-order valence-electron chi connectivity index (χ0n) is 18.8. The summed E-state index contributed by atoms with van der Waals surface area (Å²) in [6.07, 6.45) is 1.13. The second-order valence-electron chi connectivity index (χ2n) is 9.27. The largest absolute Gasteiger partial charge is 0.371 e. The molecule has 2 heterocycles. The van der Waals surface area contributed by atoms with Crippen LogP contribution in [0.15, 0.2) is 48.5 Å². The summed E-state index contributed by atoms with van der Waals surface area (Å²) in [4.78, 5) is 20.5. The molecule has 162 valence electrons. The summed E-state index contributed by atoms with van der Waals surface area (Å²) in [6, 6.07) is 18.1. The Hall–Kier alpha value is -2.84. The van der Waals surface area contributed by atoms with E-state index in [0.29, 0.717) is 29.5 Å². The maximum absolute atomic E-state index is 13.9. The molecule has 2 saturated heterocycles. The van der Waals surface area contributed by atoms with Crippen LogP contribution in [0, 0.1) is 23.2 Å². The van der Waals surface area contributed by atoms with Gasteiger partial charge in [-0.05, 0) is 49.1 Å². The summed E-state index contributed by atoms with van der Waals surface area (Å²) in [7, 11) is 2.11. The number of benzene rings is 2. The van der Waals surface area contributed by atoms with Crippen molar-refractivity contribution in [3.05, 3.63) is 65.2 Å². The van der Waals surface area contributed by atoms with E-state index in [-0.39, 0.29) is 11.9 Å². The van der Waals surface area contributed by atoms with Crippen molar-refractivity contribution < 1.29 is 4.79 Å². The van der Waals surface area contributed by atoms with Gasteiger partial charge >= 0.3 is 0 Å². The Balaban J connectivity index is 1.68.